The lowest BCUT2D eigenvalue weighted by Gasteiger charge is -2.15. The second-order valence-corrected chi connectivity index (χ2v) is 5.66. The van der Waals surface area contributed by atoms with Gasteiger partial charge in [-0.15, -0.1) is 0 Å². The molecule has 2 aromatic carbocycles. The Morgan fingerprint density at radius 3 is 2.20 bits per heavy atom. The van der Waals surface area contributed by atoms with Crippen molar-refractivity contribution in [1.29, 1.82) is 0 Å². The van der Waals surface area contributed by atoms with Gasteiger partial charge >= 0.3 is 0 Å². The SMILES string of the molecule is CCc1cccc(CC)c1NCc1ccc(Br)cc1F. The maximum absolute atomic E-state index is 13.8. The van der Waals surface area contributed by atoms with Crippen molar-refractivity contribution in [2.24, 2.45) is 0 Å². The van der Waals surface area contributed by atoms with E-state index < -0.39 is 0 Å². The number of hydrogen-bond acceptors (Lipinski definition) is 1. The Morgan fingerprint density at radius 2 is 1.65 bits per heavy atom. The van der Waals surface area contributed by atoms with E-state index in [2.05, 4.69) is 53.3 Å². The highest BCUT2D eigenvalue weighted by Crippen LogP contribution is 2.24. The van der Waals surface area contributed by atoms with Crippen LogP contribution in [0.3, 0.4) is 0 Å². The summed E-state index contributed by atoms with van der Waals surface area (Å²) in [6.07, 6.45) is 1.94. The number of rotatable bonds is 5. The van der Waals surface area contributed by atoms with Crippen molar-refractivity contribution in [3.63, 3.8) is 0 Å². The van der Waals surface area contributed by atoms with Crippen LogP contribution in [0.1, 0.15) is 30.5 Å². The molecule has 2 aromatic rings. The fourth-order valence-corrected chi connectivity index (χ4v) is 2.65. The van der Waals surface area contributed by atoms with E-state index in [4.69, 9.17) is 0 Å². The van der Waals surface area contributed by atoms with Gasteiger partial charge < -0.3 is 5.32 Å². The summed E-state index contributed by atoms with van der Waals surface area (Å²) in [5.74, 6) is -0.182. The summed E-state index contributed by atoms with van der Waals surface area (Å²) in [5, 5.41) is 3.40. The molecule has 0 spiro atoms. The first-order chi connectivity index (χ1) is 9.65. The number of aryl methyl sites for hydroxylation is 2. The van der Waals surface area contributed by atoms with Gasteiger partial charge in [-0.3, -0.25) is 0 Å². The molecule has 0 aliphatic carbocycles. The third-order valence-electron chi connectivity index (χ3n) is 3.47. The predicted octanol–water partition coefficient (Wildman–Crippen LogP) is 5.33. The zero-order chi connectivity index (χ0) is 14.5. The Labute approximate surface area is 128 Å². The van der Waals surface area contributed by atoms with Crippen LogP contribution in [0.15, 0.2) is 40.9 Å². The summed E-state index contributed by atoms with van der Waals surface area (Å²) < 4.78 is 14.6. The van der Waals surface area contributed by atoms with Crippen LogP contribution >= 0.6 is 15.9 Å². The van der Waals surface area contributed by atoms with E-state index >= 15 is 0 Å². The monoisotopic (exact) mass is 335 g/mol. The first-order valence-corrected chi connectivity index (χ1v) is 7.73. The Bertz CT molecular complexity index is 573. The smallest absolute Gasteiger partial charge is 0.129 e. The fraction of sp³-hybridized carbons (Fsp3) is 0.294. The third-order valence-corrected chi connectivity index (χ3v) is 3.96. The Hall–Kier alpha value is -1.35. The van der Waals surface area contributed by atoms with E-state index in [9.17, 15) is 4.39 Å². The molecule has 0 unspecified atom stereocenters. The number of halogens is 2. The molecule has 0 saturated carbocycles. The van der Waals surface area contributed by atoms with Crippen molar-refractivity contribution in [1.82, 2.24) is 0 Å². The van der Waals surface area contributed by atoms with Crippen molar-refractivity contribution in [3.05, 3.63) is 63.4 Å². The van der Waals surface area contributed by atoms with E-state index in [-0.39, 0.29) is 5.82 Å². The molecule has 0 heterocycles. The summed E-state index contributed by atoms with van der Waals surface area (Å²) in [4.78, 5) is 0. The van der Waals surface area contributed by atoms with Crippen LogP contribution in [-0.2, 0) is 19.4 Å². The molecule has 20 heavy (non-hydrogen) atoms. The molecular formula is C17H19BrFN. The van der Waals surface area contributed by atoms with Gasteiger partial charge in [0.05, 0.1) is 0 Å². The molecule has 0 amide bonds. The number of hydrogen-bond donors (Lipinski definition) is 1. The normalized spacial score (nSPS) is 10.6. The third kappa shape index (κ3) is 3.40. The van der Waals surface area contributed by atoms with Crippen LogP contribution in [-0.4, -0.2) is 0 Å². The van der Waals surface area contributed by atoms with Crippen molar-refractivity contribution in [2.75, 3.05) is 5.32 Å². The second-order valence-electron chi connectivity index (χ2n) is 4.75. The highest BCUT2D eigenvalue weighted by molar-refractivity contribution is 9.10. The quantitative estimate of drug-likeness (QED) is 0.779. The van der Waals surface area contributed by atoms with Gasteiger partial charge in [0.15, 0.2) is 0 Å². The predicted molar refractivity (Wildman–Crippen MR) is 86.6 cm³/mol. The first kappa shape index (κ1) is 15.0. The molecule has 3 heteroatoms. The minimum absolute atomic E-state index is 0.182. The van der Waals surface area contributed by atoms with E-state index in [0.29, 0.717) is 12.1 Å². The van der Waals surface area contributed by atoms with Gasteiger partial charge in [0.2, 0.25) is 0 Å². The van der Waals surface area contributed by atoms with Crippen LogP contribution < -0.4 is 5.32 Å². The molecule has 0 aliphatic heterocycles. The van der Waals surface area contributed by atoms with Crippen LogP contribution in [0.2, 0.25) is 0 Å². The molecule has 0 atom stereocenters. The molecule has 0 fully saturated rings. The zero-order valence-corrected chi connectivity index (χ0v) is 13.4. The lowest BCUT2D eigenvalue weighted by Crippen LogP contribution is -2.06. The summed E-state index contributed by atoms with van der Waals surface area (Å²) in [7, 11) is 0. The van der Waals surface area contributed by atoms with Crippen molar-refractivity contribution in [2.45, 2.75) is 33.2 Å². The summed E-state index contributed by atoms with van der Waals surface area (Å²) in [6, 6.07) is 11.5. The number of nitrogens with one attached hydrogen (secondary N) is 1. The molecule has 0 saturated heterocycles. The molecule has 0 aromatic heterocycles. The van der Waals surface area contributed by atoms with Crippen molar-refractivity contribution >= 4 is 21.6 Å². The van der Waals surface area contributed by atoms with Crippen LogP contribution in [0, 0.1) is 5.82 Å². The molecule has 0 aliphatic rings. The minimum Gasteiger partial charge on any atom is -0.380 e. The number of anilines is 1. The van der Waals surface area contributed by atoms with Crippen LogP contribution in [0.25, 0.3) is 0 Å². The van der Waals surface area contributed by atoms with E-state index in [1.54, 1.807) is 0 Å². The largest absolute Gasteiger partial charge is 0.380 e. The Kier molecular flexibility index (Phi) is 5.18. The van der Waals surface area contributed by atoms with Gasteiger partial charge in [0.1, 0.15) is 5.82 Å². The molecule has 1 N–H and O–H groups in total. The molecule has 1 nitrogen and oxygen atoms in total. The number of benzene rings is 2. The minimum atomic E-state index is -0.182. The highest BCUT2D eigenvalue weighted by Gasteiger charge is 2.07. The molecule has 106 valence electrons. The van der Waals surface area contributed by atoms with E-state index in [1.165, 1.54) is 17.2 Å². The summed E-state index contributed by atoms with van der Waals surface area (Å²) in [5.41, 5.74) is 4.39. The summed E-state index contributed by atoms with van der Waals surface area (Å²) >= 11 is 3.28. The molecule has 2 rings (SSSR count). The zero-order valence-electron chi connectivity index (χ0n) is 11.8. The van der Waals surface area contributed by atoms with Crippen molar-refractivity contribution < 1.29 is 4.39 Å². The van der Waals surface area contributed by atoms with Crippen LogP contribution in [0.5, 0.6) is 0 Å². The average Bonchev–Trinajstić information content (AvgIpc) is 2.46. The molecule has 0 radical (unpaired) electrons. The highest BCUT2D eigenvalue weighted by atomic mass is 79.9. The standard InChI is InChI=1S/C17H19BrFN/c1-3-12-6-5-7-13(4-2)17(12)20-11-14-8-9-15(18)10-16(14)19/h5-10,20H,3-4,11H2,1-2H3. The maximum atomic E-state index is 13.8. The molecular weight excluding hydrogens is 317 g/mol. The first-order valence-electron chi connectivity index (χ1n) is 6.94. The maximum Gasteiger partial charge on any atom is 0.129 e. The van der Waals surface area contributed by atoms with Gasteiger partial charge in [0.25, 0.3) is 0 Å². The van der Waals surface area contributed by atoms with Gasteiger partial charge in [-0.1, -0.05) is 54.0 Å². The van der Waals surface area contributed by atoms with E-state index in [0.717, 1.165) is 23.0 Å². The average molecular weight is 336 g/mol. The second kappa shape index (κ2) is 6.89. The molecule has 0 bridgehead atoms. The van der Waals surface area contributed by atoms with Crippen LogP contribution in [0.4, 0.5) is 10.1 Å². The number of para-hydroxylation sites is 1. The topological polar surface area (TPSA) is 12.0 Å². The Morgan fingerprint density at radius 1 is 1.00 bits per heavy atom. The fourth-order valence-electron chi connectivity index (χ4n) is 2.32. The lowest BCUT2D eigenvalue weighted by atomic mass is 10.0. The van der Waals surface area contributed by atoms with Gasteiger partial charge in [-0.05, 0) is 36.1 Å². The van der Waals surface area contributed by atoms with Gasteiger partial charge in [-0.25, -0.2) is 4.39 Å². The van der Waals surface area contributed by atoms with Gasteiger partial charge in [-0.2, -0.15) is 0 Å². The van der Waals surface area contributed by atoms with Crippen molar-refractivity contribution in [3.8, 4) is 0 Å². The Balaban J connectivity index is 2.22. The van der Waals surface area contributed by atoms with Gasteiger partial charge in [0, 0.05) is 22.3 Å². The lowest BCUT2D eigenvalue weighted by molar-refractivity contribution is 0.612. The van der Waals surface area contributed by atoms with E-state index in [1.807, 2.05) is 12.1 Å². The summed E-state index contributed by atoms with van der Waals surface area (Å²) in [6.45, 7) is 4.78.